The number of ether oxygens (including phenoxy) is 4. The number of hydrogen-bond acceptors (Lipinski definition) is 9. The lowest BCUT2D eigenvalue weighted by molar-refractivity contribution is -0.139. The van der Waals surface area contributed by atoms with E-state index in [9.17, 15) is 29.1 Å². The molecule has 5 aromatic rings. The summed E-state index contributed by atoms with van der Waals surface area (Å²) in [6.07, 6.45) is -0.624. The Hall–Kier alpha value is -6.93. The third kappa shape index (κ3) is 14.6. The summed E-state index contributed by atoms with van der Waals surface area (Å²) in [6, 6.07) is 33.5. The molecule has 4 N–H and O–H groups in total. The number of likely N-dealkylation sites (N-methyl/N-ethyl adjacent to an activating group) is 1. The number of carboxylic acid groups (broad SMARTS) is 1. The molecule has 0 fully saturated rings. The first kappa shape index (κ1) is 47.1. The van der Waals surface area contributed by atoms with Crippen LogP contribution in [0.3, 0.4) is 0 Å². The van der Waals surface area contributed by atoms with Crippen LogP contribution in [0.5, 0.6) is 11.5 Å². The van der Waals surface area contributed by atoms with Gasteiger partial charge in [0, 0.05) is 13.6 Å². The SMILES string of the molecule is COc1cccc(CCNC(=O)[C@H](CC(=O)O)NC(=O)c2c(OC[C@@H](Cc3ccccc3)NC(=O)[C@H](COCc3ccccc3)N(C)C(=O)OC(C)(C)C)ccc3ccccc23)c1. The number of aliphatic carboxylic acids is 1. The maximum Gasteiger partial charge on any atom is 0.410 e. The fourth-order valence-corrected chi connectivity index (χ4v) is 6.73. The number of methoxy groups -OCH3 is 1. The molecule has 0 saturated carbocycles. The summed E-state index contributed by atoms with van der Waals surface area (Å²) in [5, 5.41) is 19.4. The van der Waals surface area contributed by atoms with Crippen molar-refractivity contribution in [1.82, 2.24) is 20.9 Å². The van der Waals surface area contributed by atoms with Crippen LogP contribution in [-0.2, 0) is 43.3 Å². The fraction of sp³-hybridized carbons (Fsp3) is 0.327. The van der Waals surface area contributed by atoms with Gasteiger partial charge in [-0.15, -0.1) is 0 Å². The van der Waals surface area contributed by atoms with Gasteiger partial charge in [0.1, 0.15) is 35.8 Å². The van der Waals surface area contributed by atoms with Crippen LogP contribution in [0.4, 0.5) is 4.79 Å². The zero-order valence-electron chi connectivity index (χ0n) is 36.3. The van der Waals surface area contributed by atoms with Gasteiger partial charge in [-0.05, 0) is 79.3 Å². The zero-order valence-corrected chi connectivity index (χ0v) is 36.3. The van der Waals surface area contributed by atoms with Crippen LogP contribution in [0.25, 0.3) is 10.8 Å². The highest BCUT2D eigenvalue weighted by Gasteiger charge is 2.33. The van der Waals surface area contributed by atoms with Crippen molar-refractivity contribution in [2.75, 3.05) is 33.9 Å². The summed E-state index contributed by atoms with van der Waals surface area (Å²) in [5.74, 6) is -2.39. The lowest BCUT2D eigenvalue weighted by atomic mass is 10.0. The number of carbonyl (C=O) groups excluding carboxylic acids is 4. The normalized spacial score (nSPS) is 12.6. The molecule has 63 heavy (non-hydrogen) atoms. The maximum atomic E-state index is 14.3. The molecule has 14 nitrogen and oxygen atoms in total. The molecule has 5 rings (SSSR count). The fourth-order valence-electron chi connectivity index (χ4n) is 6.73. The van der Waals surface area contributed by atoms with Crippen LogP contribution in [0.1, 0.15) is 54.2 Å². The van der Waals surface area contributed by atoms with Gasteiger partial charge in [0.15, 0.2) is 0 Å². The van der Waals surface area contributed by atoms with E-state index in [1.807, 2.05) is 91.0 Å². The zero-order chi connectivity index (χ0) is 45.4. The second-order valence-electron chi connectivity index (χ2n) is 16.0. The number of nitrogens with zero attached hydrogens (tertiary/aromatic N) is 1. The van der Waals surface area contributed by atoms with Gasteiger partial charge in [0.25, 0.3) is 5.91 Å². The van der Waals surface area contributed by atoms with E-state index >= 15 is 0 Å². The van der Waals surface area contributed by atoms with E-state index in [0.717, 1.165) is 16.7 Å². The van der Waals surface area contributed by atoms with Crippen LogP contribution in [0, 0.1) is 0 Å². The highest BCUT2D eigenvalue weighted by Crippen LogP contribution is 2.29. The molecular weight excluding hydrogens is 805 g/mol. The van der Waals surface area contributed by atoms with Gasteiger partial charge >= 0.3 is 12.1 Å². The average molecular weight is 861 g/mol. The summed E-state index contributed by atoms with van der Waals surface area (Å²) in [5.41, 5.74) is 1.93. The van der Waals surface area contributed by atoms with E-state index in [1.165, 1.54) is 11.9 Å². The minimum absolute atomic E-state index is 0.0781. The van der Waals surface area contributed by atoms with Crippen molar-refractivity contribution in [2.24, 2.45) is 0 Å². The van der Waals surface area contributed by atoms with Gasteiger partial charge < -0.3 is 40.0 Å². The smallest absolute Gasteiger partial charge is 0.410 e. The Labute approximate surface area is 367 Å². The van der Waals surface area contributed by atoms with E-state index in [4.69, 9.17) is 18.9 Å². The molecule has 14 heteroatoms. The van der Waals surface area contributed by atoms with Gasteiger partial charge in [0.05, 0.1) is 38.3 Å². The number of rotatable bonds is 21. The Kier molecular flexibility index (Phi) is 17.0. The molecule has 4 amide bonds. The molecule has 0 aromatic heterocycles. The van der Waals surface area contributed by atoms with Crippen LogP contribution < -0.4 is 25.4 Å². The first-order chi connectivity index (χ1) is 30.2. The second-order valence-corrected chi connectivity index (χ2v) is 16.0. The predicted molar refractivity (Wildman–Crippen MR) is 239 cm³/mol. The summed E-state index contributed by atoms with van der Waals surface area (Å²) in [4.78, 5) is 68.4. The van der Waals surface area contributed by atoms with Crippen LogP contribution in [0.15, 0.2) is 121 Å². The molecule has 0 aliphatic rings. The predicted octanol–water partition coefficient (Wildman–Crippen LogP) is 6.34. The van der Waals surface area contributed by atoms with E-state index in [0.29, 0.717) is 29.4 Å². The number of hydrogen-bond donors (Lipinski definition) is 4. The van der Waals surface area contributed by atoms with Gasteiger partial charge in [-0.2, -0.15) is 0 Å². The Morgan fingerprint density at radius 1 is 0.746 bits per heavy atom. The third-order valence-electron chi connectivity index (χ3n) is 9.92. The number of fused-ring (bicyclic) bond motifs is 1. The maximum absolute atomic E-state index is 14.3. The molecule has 0 spiro atoms. The van der Waals surface area contributed by atoms with Crippen molar-refractivity contribution in [3.05, 3.63) is 144 Å². The number of benzene rings is 5. The summed E-state index contributed by atoms with van der Waals surface area (Å²) in [7, 11) is 3.04. The van der Waals surface area contributed by atoms with Crippen molar-refractivity contribution in [1.29, 1.82) is 0 Å². The Bertz CT molecular complexity index is 2320. The van der Waals surface area contributed by atoms with Crippen molar-refractivity contribution >= 4 is 40.6 Å². The van der Waals surface area contributed by atoms with Crippen molar-refractivity contribution in [3.63, 3.8) is 0 Å². The van der Waals surface area contributed by atoms with Crippen LogP contribution in [-0.4, -0.2) is 97.4 Å². The van der Waals surface area contributed by atoms with Gasteiger partial charge in [0.2, 0.25) is 11.8 Å². The molecule has 0 heterocycles. The van der Waals surface area contributed by atoms with Gasteiger partial charge in [-0.1, -0.05) is 103 Å². The van der Waals surface area contributed by atoms with E-state index in [-0.39, 0.29) is 37.7 Å². The van der Waals surface area contributed by atoms with E-state index in [1.54, 1.807) is 58.2 Å². The molecule has 332 valence electrons. The summed E-state index contributed by atoms with van der Waals surface area (Å²) < 4.78 is 23.3. The number of amides is 4. The van der Waals surface area contributed by atoms with Crippen molar-refractivity contribution < 1.29 is 48.0 Å². The topological polar surface area (TPSA) is 182 Å². The van der Waals surface area contributed by atoms with E-state index in [2.05, 4.69) is 16.0 Å². The number of nitrogens with one attached hydrogen (secondary N) is 3. The molecular formula is C49H56N4O10. The standard InChI is InChI=1S/C49H56N4O10/c1-49(2,3)63-48(59)53(4)41(32-61-30-35-17-10-7-11-18-35)46(57)51-37(27-33-15-8-6-9-16-33)31-62-42-24-23-36-20-12-13-22-39(36)44(42)47(58)52-40(29-43(54)55)45(56)50-26-25-34-19-14-21-38(28-34)60-5/h6-24,28,37,40-41H,25-27,29-32H2,1-5H3,(H,50,56)(H,51,57)(H,52,58)(H,54,55)/t37-,40+,41+/m1/s1. The first-order valence-electron chi connectivity index (χ1n) is 20.7. The van der Waals surface area contributed by atoms with Gasteiger partial charge in [-0.25, -0.2) is 4.79 Å². The average Bonchev–Trinajstić information content (AvgIpc) is 3.26. The highest BCUT2D eigenvalue weighted by molar-refractivity contribution is 6.10. The van der Waals surface area contributed by atoms with Crippen LogP contribution in [0.2, 0.25) is 0 Å². The molecule has 0 bridgehead atoms. The quantitative estimate of drug-likeness (QED) is 0.0650. The third-order valence-corrected chi connectivity index (χ3v) is 9.92. The first-order valence-corrected chi connectivity index (χ1v) is 20.7. The molecule has 0 aliphatic carbocycles. The Morgan fingerprint density at radius 2 is 1.41 bits per heavy atom. The molecule has 0 saturated heterocycles. The summed E-state index contributed by atoms with van der Waals surface area (Å²) >= 11 is 0. The van der Waals surface area contributed by atoms with Crippen molar-refractivity contribution in [3.8, 4) is 11.5 Å². The minimum Gasteiger partial charge on any atom is -0.497 e. The molecule has 3 atom stereocenters. The van der Waals surface area contributed by atoms with Gasteiger partial charge in [-0.3, -0.25) is 24.1 Å². The van der Waals surface area contributed by atoms with E-state index < -0.39 is 59.9 Å². The highest BCUT2D eigenvalue weighted by atomic mass is 16.6. The Balaban J connectivity index is 1.38. The molecule has 5 aromatic carbocycles. The largest absolute Gasteiger partial charge is 0.497 e. The van der Waals surface area contributed by atoms with Crippen molar-refractivity contribution in [2.45, 2.75) is 70.4 Å². The second kappa shape index (κ2) is 22.8. The lowest BCUT2D eigenvalue weighted by Gasteiger charge is -2.31. The Morgan fingerprint density at radius 3 is 2.10 bits per heavy atom. The molecule has 0 unspecified atom stereocenters. The number of carboxylic acids is 1. The molecule has 0 radical (unpaired) electrons. The minimum atomic E-state index is -1.42. The summed E-state index contributed by atoms with van der Waals surface area (Å²) in [6.45, 7) is 5.33. The van der Waals surface area contributed by atoms with Crippen LogP contribution >= 0.6 is 0 Å². The number of carbonyl (C=O) groups is 5. The lowest BCUT2D eigenvalue weighted by Crippen LogP contribution is -2.54. The monoisotopic (exact) mass is 860 g/mol. The molecule has 0 aliphatic heterocycles.